The van der Waals surface area contributed by atoms with Crippen molar-refractivity contribution in [1.29, 1.82) is 0 Å². The molecule has 1 heterocycles. The number of rotatable bonds is 4. The van der Waals surface area contributed by atoms with Gasteiger partial charge in [0.25, 0.3) is 5.91 Å². The van der Waals surface area contributed by atoms with Gasteiger partial charge in [-0.1, -0.05) is 6.07 Å². The van der Waals surface area contributed by atoms with Gasteiger partial charge in [0.1, 0.15) is 6.61 Å². The van der Waals surface area contributed by atoms with Gasteiger partial charge in [-0.25, -0.2) is 0 Å². The van der Waals surface area contributed by atoms with Crippen molar-refractivity contribution >= 4 is 11.6 Å². The highest BCUT2D eigenvalue weighted by molar-refractivity contribution is 5.97. The Morgan fingerprint density at radius 3 is 2.80 bits per heavy atom. The summed E-state index contributed by atoms with van der Waals surface area (Å²) in [6, 6.07) is 5.13. The van der Waals surface area contributed by atoms with E-state index in [-0.39, 0.29) is 19.1 Å². The second-order valence-electron chi connectivity index (χ2n) is 4.63. The van der Waals surface area contributed by atoms with E-state index in [0.29, 0.717) is 24.2 Å². The van der Waals surface area contributed by atoms with Gasteiger partial charge >= 0.3 is 6.18 Å². The van der Waals surface area contributed by atoms with Gasteiger partial charge < -0.3 is 15.4 Å². The summed E-state index contributed by atoms with van der Waals surface area (Å²) < 4.78 is 40.3. The molecule has 0 radical (unpaired) electrons. The molecule has 20 heavy (non-hydrogen) atoms. The van der Waals surface area contributed by atoms with Crippen molar-refractivity contribution < 1.29 is 22.7 Å². The Morgan fingerprint density at radius 2 is 2.10 bits per heavy atom. The van der Waals surface area contributed by atoms with E-state index in [1.165, 1.54) is 4.90 Å². The maximum absolute atomic E-state index is 12.2. The molecule has 0 fully saturated rings. The molecule has 7 heteroatoms. The fourth-order valence-electron chi connectivity index (χ4n) is 2.11. The summed E-state index contributed by atoms with van der Waals surface area (Å²) >= 11 is 0. The highest BCUT2D eigenvalue weighted by atomic mass is 19.4. The van der Waals surface area contributed by atoms with Crippen molar-refractivity contribution in [2.75, 3.05) is 32.0 Å². The van der Waals surface area contributed by atoms with E-state index >= 15 is 0 Å². The number of hydrogen-bond donors (Lipinski definition) is 1. The number of benzene rings is 1. The van der Waals surface area contributed by atoms with Gasteiger partial charge in [-0.3, -0.25) is 4.79 Å². The van der Waals surface area contributed by atoms with Crippen molar-refractivity contribution in [2.45, 2.75) is 12.6 Å². The first-order valence-corrected chi connectivity index (χ1v) is 6.19. The SMILES string of the molecule is Nc1ccc2c(c1)C(=O)N(CCOCC(F)(F)F)CC2. The molecule has 0 unspecified atom stereocenters. The van der Waals surface area contributed by atoms with Crippen molar-refractivity contribution in [3.05, 3.63) is 29.3 Å². The summed E-state index contributed by atoms with van der Waals surface area (Å²) in [5.41, 5.74) is 7.57. The Balaban J connectivity index is 1.91. The topological polar surface area (TPSA) is 55.6 Å². The number of anilines is 1. The third-order valence-electron chi connectivity index (χ3n) is 3.07. The molecule has 0 aromatic heterocycles. The molecule has 1 aliphatic heterocycles. The van der Waals surface area contributed by atoms with Crippen LogP contribution in [0.2, 0.25) is 0 Å². The van der Waals surface area contributed by atoms with Crippen molar-refractivity contribution in [1.82, 2.24) is 4.90 Å². The van der Waals surface area contributed by atoms with Crippen LogP contribution in [0.4, 0.5) is 18.9 Å². The summed E-state index contributed by atoms with van der Waals surface area (Å²) in [5.74, 6) is -0.214. The second kappa shape index (κ2) is 5.70. The Bertz CT molecular complexity index is 503. The molecule has 2 N–H and O–H groups in total. The van der Waals surface area contributed by atoms with Gasteiger partial charge in [-0.15, -0.1) is 0 Å². The standard InChI is InChI=1S/C13H15F3N2O2/c14-13(15,16)8-20-6-5-18-4-3-9-1-2-10(17)7-11(9)12(18)19/h1-2,7H,3-6,8,17H2. The van der Waals surface area contributed by atoms with E-state index in [2.05, 4.69) is 4.74 Å². The van der Waals surface area contributed by atoms with Crippen molar-refractivity contribution in [2.24, 2.45) is 0 Å². The summed E-state index contributed by atoms with van der Waals surface area (Å²) in [4.78, 5) is 13.6. The Morgan fingerprint density at radius 1 is 1.35 bits per heavy atom. The molecular weight excluding hydrogens is 273 g/mol. The third kappa shape index (κ3) is 3.63. The molecule has 0 aliphatic carbocycles. The summed E-state index contributed by atoms with van der Waals surface area (Å²) in [6.07, 6.45) is -3.67. The second-order valence-corrected chi connectivity index (χ2v) is 4.63. The van der Waals surface area contributed by atoms with Crippen LogP contribution in [0, 0.1) is 0 Å². The predicted octanol–water partition coefficient (Wildman–Crippen LogP) is 1.85. The molecule has 1 aliphatic rings. The van der Waals surface area contributed by atoms with Gasteiger partial charge in [0.2, 0.25) is 0 Å². The van der Waals surface area contributed by atoms with Crippen LogP contribution in [-0.4, -0.2) is 43.3 Å². The quantitative estimate of drug-likeness (QED) is 0.679. The van der Waals surface area contributed by atoms with Crippen LogP contribution >= 0.6 is 0 Å². The van der Waals surface area contributed by atoms with Crippen molar-refractivity contribution in [3.8, 4) is 0 Å². The predicted molar refractivity (Wildman–Crippen MR) is 67.3 cm³/mol. The van der Waals surface area contributed by atoms with Crippen LogP contribution in [0.3, 0.4) is 0 Å². The smallest absolute Gasteiger partial charge is 0.399 e. The molecule has 110 valence electrons. The van der Waals surface area contributed by atoms with E-state index in [1.54, 1.807) is 18.2 Å². The Labute approximate surface area is 114 Å². The number of nitrogen functional groups attached to an aromatic ring is 1. The first-order chi connectivity index (χ1) is 9.37. The van der Waals surface area contributed by atoms with Crippen LogP contribution < -0.4 is 5.73 Å². The molecular formula is C13H15F3N2O2. The summed E-state index contributed by atoms with van der Waals surface area (Å²) in [5, 5.41) is 0. The molecule has 0 spiro atoms. The number of fused-ring (bicyclic) bond motifs is 1. The number of carbonyl (C=O) groups is 1. The lowest BCUT2D eigenvalue weighted by molar-refractivity contribution is -0.174. The van der Waals surface area contributed by atoms with E-state index in [1.807, 2.05) is 0 Å². The van der Waals surface area contributed by atoms with Crippen LogP contribution in [0.15, 0.2) is 18.2 Å². The van der Waals surface area contributed by atoms with Crippen LogP contribution in [0.5, 0.6) is 0 Å². The Kier molecular flexibility index (Phi) is 4.17. The zero-order chi connectivity index (χ0) is 14.8. The minimum atomic E-state index is -4.34. The molecule has 0 bridgehead atoms. The Hall–Kier alpha value is -1.76. The average molecular weight is 288 g/mol. The molecule has 1 amide bonds. The fourth-order valence-corrected chi connectivity index (χ4v) is 2.11. The van der Waals surface area contributed by atoms with E-state index in [9.17, 15) is 18.0 Å². The highest BCUT2D eigenvalue weighted by Crippen LogP contribution is 2.21. The number of halogens is 3. The largest absolute Gasteiger partial charge is 0.411 e. The zero-order valence-corrected chi connectivity index (χ0v) is 10.7. The molecule has 0 atom stereocenters. The maximum Gasteiger partial charge on any atom is 0.411 e. The number of amides is 1. The minimum absolute atomic E-state index is 0.136. The maximum atomic E-state index is 12.2. The lowest BCUT2D eigenvalue weighted by Gasteiger charge is -2.28. The lowest BCUT2D eigenvalue weighted by Crippen LogP contribution is -2.40. The van der Waals surface area contributed by atoms with Gasteiger partial charge in [-0.05, 0) is 24.1 Å². The number of alkyl halides is 3. The van der Waals surface area contributed by atoms with Crippen LogP contribution in [0.1, 0.15) is 15.9 Å². The summed E-state index contributed by atoms with van der Waals surface area (Å²) in [7, 11) is 0. The fraction of sp³-hybridized carbons (Fsp3) is 0.462. The minimum Gasteiger partial charge on any atom is -0.399 e. The van der Waals surface area contributed by atoms with E-state index < -0.39 is 12.8 Å². The monoisotopic (exact) mass is 288 g/mol. The molecule has 1 aromatic rings. The number of carbonyl (C=O) groups excluding carboxylic acids is 1. The number of nitrogens with two attached hydrogens (primary N) is 1. The highest BCUT2D eigenvalue weighted by Gasteiger charge is 2.28. The van der Waals surface area contributed by atoms with Crippen LogP contribution in [-0.2, 0) is 11.2 Å². The molecule has 0 saturated heterocycles. The van der Waals surface area contributed by atoms with Crippen LogP contribution in [0.25, 0.3) is 0 Å². The normalized spacial score (nSPS) is 15.3. The number of nitrogens with zero attached hydrogens (tertiary/aromatic N) is 1. The van der Waals surface area contributed by atoms with Gasteiger partial charge in [0.05, 0.1) is 6.61 Å². The number of hydrogen-bond acceptors (Lipinski definition) is 3. The van der Waals surface area contributed by atoms with E-state index in [0.717, 1.165) is 5.56 Å². The molecule has 2 rings (SSSR count). The molecule has 0 saturated carbocycles. The summed E-state index contributed by atoms with van der Waals surface area (Å²) in [6.45, 7) is -0.810. The molecule has 4 nitrogen and oxygen atoms in total. The van der Waals surface area contributed by atoms with Gasteiger partial charge in [0.15, 0.2) is 0 Å². The lowest BCUT2D eigenvalue weighted by atomic mass is 9.98. The van der Waals surface area contributed by atoms with Gasteiger partial charge in [0, 0.05) is 24.3 Å². The van der Waals surface area contributed by atoms with Crippen molar-refractivity contribution in [3.63, 3.8) is 0 Å². The average Bonchev–Trinajstić information content (AvgIpc) is 2.36. The van der Waals surface area contributed by atoms with E-state index in [4.69, 9.17) is 5.73 Å². The van der Waals surface area contributed by atoms with Gasteiger partial charge in [-0.2, -0.15) is 13.2 Å². The molecule has 1 aromatic carbocycles. The first-order valence-electron chi connectivity index (χ1n) is 6.19. The zero-order valence-electron chi connectivity index (χ0n) is 10.7. The number of ether oxygens (including phenoxy) is 1. The third-order valence-corrected chi connectivity index (χ3v) is 3.07. The first kappa shape index (κ1) is 14.6.